The second-order valence-corrected chi connectivity index (χ2v) is 5.65. The monoisotopic (exact) mass is 290 g/mol. The van der Waals surface area contributed by atoms with E-state index in [4.69, 9.17) is 9.47 Å². The summed E-state index contributed by atoms with van der Waals surface area (Å²) in [6.45, 7) is 5.65. The van der Waals surface area contributed by atoms with Crippen LogP contribution in [0.2, 0.25) is 0 Å². The number of nitrogens with zero attached hydrogens (tertiary/aromatic N) is 2. The van der Waals surface area contributed by atoms with Gasteiger partial charge in [0.15, 0.2) is 11.5 Å². The van der Waals surface area contributed by atoms with Crippen LogP contribution in [-0.2, 0) is 0 Å². The average molecular weight is 290 g/mol. The smallest absolute Gasteiger partial charge is 0.253 e. The highest BCUT2D eigenvalue weighted by Crippen LogP contribution is 2.33. The zero-order chi connectivity index (χ0) is 14.8. The molecule has 0 unspecified atom stereocenters. The Labute approximate surface area is 125 Å². The lowest BCUT2D eigenvalue weighted by molar-refractivity contribution is 0.0646. The molecule has 1 amide bonds. The minimum absolute atomic E-state index is 0.0586. The lowest BCUT2D eigenvalue weighted by Crippen LogP contribution is -2.45. The summed E-state index contributed by atoms with van der Waals surface area (Å²) in [5.74, 6) is 1.43. The van der Waals surface area contributed by atoms with Crippen molar-refractivity contribution >= 4 is 5.91 Å². The maximum atomic E-state index is 12.6. The molecule has 0 atom stereocenters. The van der Waals surface area contributed by atoms with Gasteiger partial charge in [-0.1, -0.05) is 6.92 Å². The van der Waals surface area contributed by atoms with Crippen molar-refractivity contribution in [1.82, 2.24) is 9.80 Å². The molecule has 2 aliphatic rings. The summed E-state index contributed by atoms with van der Waals surface area (Å²) in [5.41, 5.74) is 0.666. The fourth-order valence-electron chi connectivity index (χ4n) is 3.02. The zero-order valence-corrected chi connectivity index (χ0v) is 12.7. The van der Waals surface area contributed by atoms with Crippen LogP contribution in [0.25, 0.3) is 0 Å². The number of hydrogen-bond acceptors (Lipinski definition) is 4. The minimum Gasteiger partial charge on any atom is -0.454 e. The van der Waals surface area contributed by atoms with Crippen molar-refractivity contribution < 1.29 is 14.3 Å². The molecule has 1 aromatic rings. The van der Waals surface area contributed by atoms with Crippen molar-refractivity contribution in [2.75, 3.05) is 33.5 Å². The van der Waals surface area contributed by atoms with Crippen LogP contribution in [-0.4, -0.2) is 55.2 Å². The van der Waals surface area contributed by atoms with E-state index in [1.165, 1.54) is 0 Å². The van der Waals surface area contributed by atoms with Crippen molar-refractivity contribution in [3.8, 4) is 11.5 Å². The van der Waals surface area contributed by atoms with Gasteiger partial charge in [0.1, 0.15) is 0 Å². The largest absolute Gasteiger partial charge is 0.454 e. The van der Waals surface area contributed by atoms with Crippen LogP contribution in [0.4, 0.5) is 0 Å². The van der Waals surface area contributed by atoms with Crippen LogP contribution in [0.3, 0.4) is 0 Å². The summed E-state index contributed by atoms with van der Waals surface area (Å²) < 4.78 is 10.6. The highest BCUT2D eigenvalue weighted by Gasteiger charge is 2.26. The van der Waals surface area contributed by atoms with E-state index >= 15 is 0 Å². The Balaban J connectivity index is 1.67. The third-order valence-electron chi connectivity index (χ3n) is 4.49. The quantitative estimate of drug-likeness (QED) is 0.853. The van der Waals surface area contributed by atoms with Gasteiger partial charge < -0.3 is 19.3 Å². The number of fused-ring (bicyclic) bond motifs is 1. The molecule has 2 heterocycles. The van der Waals surface area contributed by atoms with Crippen LogP contribution in [0.5, 0.6) is 11.5 Å². The summed E-state index contributed by atoms with van der Waals surface area (Å²) in [6.07, 6.45) is 2.08. The Morgan fingerprint density at radius 2 is 2.00 bits per heavy atom. The molecular formula is C16H22N2O3. The summed E-state index contributed by atoms with van der Waals surface area (Å²) in [7, 11) is 1.90. The molecule has 0 radical (unpaired) electrons. The second-order valence-electron chi connectivity index (χ2n) is 5.65. The number of amides is 1. The van der Waals surface area contributed by atoms with Crippen molar-refractivity contribution in [2.24, 2.45) is 0 Å². The number of piperidine rings is 1. The average Bonchev–Trinajstić information content (AvgIpc) is 3.01. The molecular weight excluding hydrogens is 268 g/mol. The van der Waals surface area contributed by atoms with Crippen molar-refractivity contribution in [3.05, 3.63) is 23.8 Å². The Kier molecular flexibility index (Phi) is 4.01. The molecule has 0 N–H and O–H groups in total. The fourth-order valence-corrected chi connectivity index (χ4v) is 3.02. The van der Waals surface area contributed by atoms with Crippen LogP contribution < -0.4 is 9.47 Å². The van der Waals surface area contributed by atoms with E-state index in [2.05, 4.69) is 11.8 Å². The Morgan fingerprint density at radius 1 is 1.29 bits per heavy atom. The summed E-state index contributed by atoms with van der Waals surface area (Å²) in [4.78, 5) is 16.9. The summed E-state index contributed by atoms with van der Waals surface area (Å²) in [6, 6.07) is 5.73. The van der Waals surface area contributed by atoms with Crippen molar-refractivity contribution in [1.29, 1.82) is 0 Å². The van der Waals surface area contributed by atoms with Crippen LogP contribution in [0.15, 0.2) is 18.2 Å². The van der Waals surface area contributed by atoms with Gasteiger partial charge in [-0.05, 0) is 37.6 Å². The molecule has 2 aliphatic heterocycles. The highest BCUT2D eigenvalue weighted by atomic mass is 16.7. The van der Waals surface area contributed by atoms with Crippen molar-refractivity contribution in [2.45, 2.75) is 25.8 Å². The highest BCUT2D eigenvalue weighted by molar-refractivity contribution is 5.95. The number of carbonyl (C=O) groups is 1. The molecule has 1 saturated heterocycles. The van der Waals surface area contributed by atoms with Gasteiger partial charge >= 0.3 is 0 Å². The molecule has 0 spiro atoms. The number of hydrogen-bond donors (Lipinski definition) is 0. The van der Waals surface area contributed by atoms with E-state index in [0.717, 1.165) is 32.5 Å². The van der Waals surface area contributed by atoms with E-state index in [0.29, 0.717) is 23.1 Å². The third kappa shape index (κ3) is 2.83. The van der Waals surface area contributed by atoms with E-state index in [9.17, 15) is 4.79 Å². The number of ether oxygens (including phenoxy) is 2. The molecule has 5 heteroatoms. The van der Waals surface area contributed by atoms with Gasteiger partial charge in [0, 0.05) is 31.7 Å². The molecule has 5 nitrogen and oxygen atoms in total. The molecule has 1 aromatic carbocycles. The van der Waals surface area contributed by atoms with Gasteiger partial charge in [0.2, 0.25) is 6.79 Å². The topological polar surface area (TPSA) is 42.0 Å². The maximum Gasteiger partial charge on any atom is 0.253 e. The second kappa shape index (κ2) is 5.93. The molecule has 1 fully saturated rings. The third-order valence-corrected chi connectivity index (χ3v) is 4.49. The molecule has 114 valence electrons. The molecule has 3 rings (SSSR count). The first-order valence-electron chi connectivity index (χ1n) is 7.58. The Hall–Kier alpha value is -1.75. The zero-order valence-electron chi connectivity index (χ0n) is 12.7. The number of carbonyl (C=O) groups excluding carboxylic acids is 1. The fraction of sp³-hybridized carbons (Fsp3) is 0.562. The lowest BCUT2D eigenvalue weighted by atomic mass is 10.0. The van der Waals surface area contributed by atoms with Gasteiger partial charge in [0.25, 0.3) is 5.91 Å². The predicted octanol–water partition coefficient (Wildman–Crippen LogP) is 1.97. The molecule has 0 aromatic heterocycles. The lowest BCUT2D eigenvalue weighted by Gasteiger charge is -2.36. The Bertz CT molecular complexity index is 524. The van der Waals surface area contributed by atoms with Gasteiger partial charge in [-0.25, -0.2) is 0 Å². The van der Waals surface area contributed by atoms with Gasteiger partial charge in [-0.15, -0.1) is 0 Å². The van der Waals surface area contributed by atoms with Gasteiger partial charge in [-0.3, -0.25) is 4.79 Å². The maximum absolute atomic E-state index is 12.6. The summed E-state index contributed by atoms with van der Waals surface area (Å²) >= 11 is 0. The molecule has 0 aliphatic carbocycles. The van der Waals surface area contributed by atoms with Gasteiger partial charge in [0.05, 0.1) is 0 Å². The molecule has 21 heavy (non-hydrogen) atoms. The van der Waals surface area contributed by atoms with E-state index in [-0.39, 0.29) is 12.7 Å². The minimum atomic E-state index is 0.0586. The van der Waals surface area contributed by atoms with E-state index < -0.39 is 0 Å². The number of benzene rings is 1. The van der Waals surface area contributed by atoms with E-state index in [1.54, 1.807) is 6.07 Å². The predicted molar refractivity (Wildman–Crippen MR) is 79.8 cm³/mol. The van der Waals surface area contributed by atoms with Gasteiger partial charge in [-0.2, -0.15) is 0 Å². The Morgan fingerprint density at radius 3 is 2.71 bits per heavy atom. The van der Waals surface area contributed by atoms with Crippen LogP contribution in [0, 0.1) is 0 Å². The van der Waals surface area contributed by atoms with Crippen LogP contribution in [0.1, 0.15) is 30.1 Å². The SMILES string of the molecule is CCN1CCC(N(C)C(=O)c2ccc3c(c2)OCO3)CC1. The summed E-state index contributed by atoms with van der Waals surface area (Å²) in [5, 5.41) is 0. The number of rotatable bonds is 3. The molecule has 0 bridgehead atoms. The van der Waals surface area contributed by atoms with E-state index in [1.807, 2.05) is 24.1 Å². The van der Waals surface area contributed by atoms with Crippen molar-refractivity contribution in [3.63, 3.8) is 0 Å². The first kappa shape index (κ1) is 14.2. The first-order chi connectivity index (χ1) is 10.2. The normalized spacial score (nSPS) is 18.8. The molecule has 0 saturated carbocycles. The first-order valence-corrected chi connectivity index (χ1v) is 7.58. The standard InChI is InChI=1S/C16H22N2O3/c1-3-18-8-6-13(7-9-18)17(2)16(19)12-4-5-14-15(10-12)21-11-20-14/h4-5,10,13H,3,6-9,11H2,1-2H3. The number of likely N-dealkylation sites (tertiary alicyclic amines) is 1. The van der Waals surface area contributed by atoms with Crippen LogP contribution >= 0.6 is 0 Å².